The third kappa shape index (κ3) is 3.48. The van der Waals surface area contributed by atoms with Crippen LogP contribution >= 0.6 is 0 Å². The minimum Gasteiger partial charge on any atom is -0.465 e. The Kier molecular flexibility index (Phi) is 5.09. The van der Waals surface area contributed by atoms with Crippen molar-refractivity contribution in [2.75, 3.05) is 6.61 Å². The number of esters is 1. The molecule has 3 heteroatoms. The van der Waals surface area contributed by atoms with Crippen LogP contribution in [0.2, 0.25) is 0 Å². The summed E-state index contributed by atoms with van der Waals surface area (Å²) in [6.45, 7) is 4.01. The Labute approximate surface area is 124 Å². The van der Waals surface area contributed by atoms with Crippen molar-refractivity contribution in [2.24, 2.45) is 5.92 Å². The number of ether oxygens (including phenoxy) is 1. The monoisotopic (exact) mass is 284 g/mol. The fourth-order valence-electron chi connectivity index (χ4n) is 2.43. The van der Waals surface area contributed by atoms with E-state index in [4.69, 9.17) is 4.74 Å². The first-order valence-corrected chi connectivity index (χ1v) is 7.37. The first kappa shape index (κ1) is 15.2. The largest absolute Gasteiger partial charge is 0.465 e. The van der Waals surface area contributed by atoms with E-state index >= 15 is 0 Å². The lowest BCUT2D eigenvalue weighted by Gasteiger charge is -2.14. The molecular formula is C18H20O3. The summed E-state index contributed by atoms with van der Waals surface area (Å²) in [4.78, 5) is 24.6. The minimum absolute atomic E-state index is 0.152. The van der Waals surface area contributed by atoms with E-state index in [1.54, 1.807) is 13.0 Å². The van der Waals surface area contributed by atoms with Gasteiger partial charge in [0.2, 0.25) is 0 Å². The van der Waals surface area contributed by atoms with Crippen LogP contribution in [0.5, 0.6) is 0 Å². The van der Waals surface area contributed by atoms with Crippen molar-refractivity contribution in [2.45, 2.75) is 26.7 Å². The van der Waals surface area contributed by atoms with E-state index in [1.807, 2.05) is 43.3 Å². The maximum Gasteiger partial charge on any atom is 0.316 e. The number of hydrogen-bond donors (Lipinski definition) is 0. The van der Waals surface area contributed by atoms with Gasteiger partial charge in [0.1, 0.15) is 5.92 Å². The lowest BCUT2D eigenvalue weighted by molar-refractivity contribution is -0.146. The van der Waals surface area contributed by atoms with E-state index < -0.39 is 11.9 Å². The molecule has 0 saturated carbocycles. The molecule has 110 valence electrons. The fourth-order valence-corrected chi connectivity index (χ4v) is 2.43. The van der Waals surface area contributed by atoms with Gasteiger partial charge in [-0.05, 0) is 30.2 Å². The lowest BCUT2D eigenvalue weighted by atomic mass is 9.92. The van der Waals surface area contributed by atoms with E-state index in [0.29, 0.717) is 18.6 Å². The number of ketones is 1. The summed E-state index contributed by atoms with van der Waals surface area (Å²) in [7, 11) is 0. The number of fused-ring (bicyclic) bond motifs is 1. The van der Waals surface area contributed by atoms with Gasteiger partial charge in [-0.2, -0.15) is 0 Å². The van der Waals surface area contributed by atoms with E-state index in [9.17, 15) is 9.59 Å². The molecule has 0 radical (unpaired) electrons. The van der Waals surface area contributed by atoms with Crippen molar-refractivity contribution in [3.05, 3.63) is 48.0 Å². The second-order valence-corrected chi connectivity index (χ2v) is 5.02. The van der Waals surface area contributed by atoms with Crippen molar-refractivity contribution in [3.8, 4) is 0 Å². The molecule has 0 amide bonds. The third-order valence-electron chi connectivity index (χ3n) is 3.50. The van der Waals surface area contributed by atoms with Crippen molar-refractivity contribution in [3.63, 3.8) is 0 Å². The SMILES string of the molecule is CCCC(C(=O)OCC)C(=O)c1ccc2ccccc2c1. The predicted molar refractivity (Wildman–Crippen MR) is 83.3 cm³/mol. The molecule has 0 bridgehead atoms. The van der Waals surface area contributed by atoms with Gasteiger partial charge in [0.05, 0.1) is 6.61 Å². The number of hydrogen-bond acceptors (Lipinski definition) is 3. The van der Waals surface area contributed by atoms with E-state index in [0.717, 1.165) is 17.2 Å². The highest BCUT2D eigenvalue weighted by Gasteiger charge is 2.28. The number of rotatable bonds is 6. The molecule has 0 aliphatic rings. The lowest BCUT2D eigenvalue weighted by Crippen LogP contribution is -2.26. The molecule has 2 rings (SSSR count). The Morgan fingerprint density at radius 3 is 2.43 bits per heavy atom. The van der Waals surface area contributed by atoms with E-state index in [1.165, 1.54) is 0 Å². The third-order valence-corrected chi connectivity index (χ3v) is 3.50. The van der Waals surface area contributed by atoms with E-state index in [-0.39, 0.29) is 5.78 Å². The van der Waals surface area contributed by atoms with Crippen molar-refractivity contribution < 1.29 is 14.3 Å². The summed E-state index contributed by atoms with van der Waals surface area (Å²) in [6.07, 6.45) is 1.29. The molecule has 1 unspecified atom stereocenters. The molecule has 0 fully saturated rings. The number of carbonyl (C=O) groups is 2. The van der Waals surface area contributed by atoms with E-state index in [2.05, 4.69) is 0 Å². The van der Waals surface area contributed by atoms with Crippen LogP contribution in [0, 0.1) is 5.92 Å². The summed E-state index contributed by atoms with van der Waals surface area (Å²) in [6, 6.07) is 13.4. The maximum atomic E-state index is 12.6. The quantitative estimate of drug-likeness (QED) is 0.457. The van der Waals surface area contributed by atoms with Gasteiger partial charge in [0.15, 0.2) is 5.78 Å². The molecule has 1 atom stereocenters. The molecule has 0 aliphatic carbocycles. The molecule has 0 saturated heterocycles. The average Bonchev–Trinajstić information content (AvgIpc) is 2.51. The van der Waals surface area contributed by atoms with Crippen LogP contribution < -0.4 is 0 Å². The normalized spacial score (nSPS) is 12.1. The Hall–Kier alpha value is -2.16. The summed E-state index contributed by atoms with van der Waals surface area (Å²) >= 11 is 0. The topological polar surface area (TPSA) is 43.4 Å². The van der Waals surface area contributed by atoms with Crippen LogP contribution in [0.1, 0.15) is 37.0 Å². The van der Waals surface area contributed by atoms with Crippen molar-refractivity contribution >= 4 is 22.5 Å². The number of Topliss-reactive ketones (excluding diaryl/α,β-unsaturated/α-hetero) is 1. The zero-order valence-electron chi connectivity index (χ0n) is 12.5. The molecule has 0 aliphatic heterocycles. The molecular weight excluding hydrogens is 264 g/mol. The summed E-state index contributed by atoms with van der Waals surface area (Å²) < 4.78 is 5.03. The first-order chi connectivity index (χ1) is 10.2. The highest BCUT2D eigenvalue weighted by molar-refractivity contribution is 6.10. The second-order valence-electron chi connectivity index (χ2n) is 5.02. The van der Waals surface area contributed by atoms with Gasteiger partial charge in [-0.25, -0.2) is 0 Å². The van der Waals surface area contributed by atoms with Gasteiger partial charge in [0, 0.05) is 5.56 Å². The van der Waals surface area contributed by atoms with Crippen LogP contribution in [-0.4, -0.2) is 18.4 Å². The van der Waals surface area contributed by atoms with Crippen LogP contribution in [0.4, 0.5) is 0 Å². The summed E-state index contributed by atoms with van der Waals surface area (Å²) in [5, 5.41) is 2.08. The predicted octanol–water partition coefficient (Wildman–Crippen LogP) is 4.00. The van der Waals surface area contributed by atoms with Gasteiger partial charge in [-0.15, -0.1) is 0 Å². The highest BCUT2D eigenvalue weighted by Crippen LogP contribution is 2.21. The molecule has 3 nitrogen and oxygen atoms in total. The van der Waals surface area contributed by atoms with Crippen LogP contribution in [0.25, 0.3) is 10.8 Å². The molecule has 0 aromatic heterocycles. The van der Waals surface area contributed by atoms with Crippen LogP contribution in [0.3, 0.4) is 0 Å². The summed E-state index contributed by atoms with van der Waals surface area (Å²) in [5.74, 6) is -1.27. The zero-order chi connectivity index (χ0) is 15.2. The number of carbonyl (C=O) groups excluding carboxylic acids is 2. The number of benzene rings is 2. The molecule has 0 heterocycles. The summed E-state index contributed by atoms with van der Waals surface area (Å²) in [5.41, 5.74) is 0.570. The zero-order valence-corrected chi connectivity index (χ0v) is 12.5. The Balaban J connectivity index is 2.31. The highest BCUT2D eigenvalue weighted by atomic mass is 16.5. The standard InChI is InChI=1S/C18H20O3/c1-3-7-16(18(20)21-4-2)17(19)15-11-10-13-8-5-6-9-14(13)12-15/h5-6,8-12,16H,3-4,7H2,1-2H3. The Morgan fingerprint density at radius 2 is 1.76 bits per heavy atom. The van der Waals surface area contributed by atoms with Gasteiger partial charge >= 0.3 is 5.97 Å². The molecule has 21 heavy (non-hydrogen) atoms. The average molecular weight is 284 g/mol. The molecule has 2 aromatic rings. The minimum atomic E-state index is -0.698. The van der Waals surface area contributed by atoms with Gasteiger partial charge in [-0.1, -0.05) is 49.7 Å². The fraction of sp³-hybridized carbons (Fsp3) is 0.333. The van der Waals surface area contributed by atoms with Crippen LogP contribution in [-0.2, 0) is 9.53 Å². The molecule has 0 spiro atoms. The molecule has 2 aromatic carbocycles. The Morgan fingerprint density at radius 1 is 1.05 bits per heavy atom. The Bertz CT molecular complexity index is 646. The maximum absolute atomic E-state index is 12.6. The van der Waals surface area contributed by atoms with Gasteiger partial charge in [0.25, 0.3) is 0 Å². The van der Waals surface area contributed by atoms with Crippen molar-refractivity contribution in [1.29, 1.82) is 0 Å². The first-order valence-electron chi connectivity index (χ1n) is 7.37. The van der Waals surface area contributed by atoms with Crippen LogP contribution in [0.15, 0.2) is 42.5 Å². The van der Waals surface area contributed by atoms with Crippen molar-refractivity contribution in [1.82, 2.24) is 0 Å². The molecule has 0 N–H and O–H groups in total. The van der Waals surface area contributed by atoms with Gasteiger partial charge in [-0.3, -0.25) is 9.59 Å². The van der Waals surface area contributed by atoms with Gasteiger partial charge < -0.3 is 4.74 Å². The smallest absolute Gasteiger partial charge is 0.316 e. The second kappa shape index (κ2) is 7.02.